The van der Waals surface area contributed by atoms with E-state index in [1.165, 1.54) is 109 Å². The highest BCUT2D eigenvalue weighted by Gasteiger charge is 2.20. The third-order valence-corrected chi connectivity index (χ3v) is 7.01. The fourth-order valence-electron chi connectivity index (χ4n) is 5.34. The zero-order valence-electron chi connectivity index (χ0n) is 17.4. The molecule has 0 nitrogen and oxygen atoms in total. The SMILES string of the molecule is CCCCCCCCc1cc(C2CCCCC2)cc(C2CCCCC2)c1. The molecule has 0 aliphatic heterocycles. The van der Waals surface area contributed by atoms with Crippen LogP contribution in [0.1, 0.15) is 138 Å². The molecule has 0 N–H and O–H groups in total. The molecular formula is C26H42. The Labute approximate surface area is 163 Å². The highest BCUT2D eigenvalue weighted by Crippen LogP contribution is 2.38. The fourth-order valence-corrected chi connectivity index (χ4v) is 5.34. The number of unbranched alkanes of at least 4 members (excludes halogenated alkanes) is 5. The Morgan fingerprint density at radius 3 is 1.65 bits per heavy atom. The first-order chi connectivity index (χ1) is 12.9. The van der Waals surface area contributed by atoms with E-state index in [-0.39, 0.29) is 0 Å². The Hall–Kier alpha value is -0.780. The van der Waals surface area contributed by atoms with Crippen LogP contribution in [0.4, 0.5) is 0 Å². The molecule has 0 radical (unpaired) electrons. The molecule has 2 aliphatic carbocycles. The van der Waals surface area contributed by atoms with Crippen LogP contribution < -0.4 is 0 Å². The van der Waals surface area contributed by atoms with Gasteiger partial charge in [-0.3, -0.25) is 0 Å². The monoisotopic (exact) mass is 354 g/mol. The first-order valence-electron chi connectivity index (χ1n) is 12.0. The molecule has 0 heterocycles. The van der Waals surface area contributed by atoms with Crippen molar-refractivity contribution in [2.45, 2.75) is 128 Å². The van der Waals surface area contributed by atoms with E-state index in [0.29, 0.717) is 0 Å². The predicted molar refractivity (Wildman–Crippen MR) is 115 cm³/mol. The second kappa shape index (κ2) is 11.2. The summed E-state index contributed by atoms with van der Waals surface area (Å²) >= 11 is 0. The van der Waals surface area contributed by atoms with Gasteiger partial charge >= 0.3 is 0 Å². The molecule has 26 heavy (non-hydrogen) atoms. The van der Waals surface area contributed by atoms with E-state index >= 15 is 0 Å². The van der Waals surface area contributed by atoms with Crippen molar-refractivity contribution in [1.29, 1.82) is 0 Å². The van der Waals surface area contributed by atoms with E-state index in [4.69, 9.17) is 0 Å². The molecule has 0 spiro atoms. The van der Waals surface area contributed by atoms with E-state index in [2.05, 4.69) is 25.1 Å². The lowest BCUT2D eigenvalue weighted by atomic mass is 9.79. The van der Waals surface area contributed by atoms with Gasteiger partial charge in [-0.2, -0.15) is 0 Å². The first kappa shape index (κ1) is 20.0. The van der Waals surface area contributed by atoms with Crippen LogP contribution >= 0.6 is 0 Å². The number of aryl methyl sites for hydroxylation is 1. The van der Waals surface area contributed by atoms with Crippen LogP contribution in [0.25, 0.3) is 0 Å². The van der Waals surface area contributed by atoms with Gasteiger partial charge in [-0.05, 0) is 67.1 Å². The van der Waals surface area contributed by atoms with Crippen LogP contribution in [-0.4, -0.2) is 0 Å². The van der Waals surface area contributed by atoms with Gasteiger partial charge in [0.1, 0.15) is 0 Å². The molecule has 0 amide bonds. The summed E-state index contributed by atoms with van der Waals surface area (Å²) in [6, 6.07) is 7.85. The molecule has 0 unspecified atom stereocenters. The zero-order chi connectivity index (χ0) is 18.0. The third-order valence-electron chi connectivity index (χ3n) is 7.01. The summed E-state index contributed by atoms with van der Waals surface area (Å²) < 4.78 is 0. The number of hydrogen-bond acceptors (Lipinski definition) is 0. The van der Waals surface area contributed by atoms with Gasteiger partial charge in [-0.15, -0.1) is 0 Å². The minimum atomic E-state index is 0.857. The summed E-state index contributed by atoms with van der Waals surface area (Å²) in [5, 5.41) is 0. The maximum absolute atomic E-state index is 2.64. The topological polar surface area (TPSA) is 0 Å². The van der Waals surface area contributed by atoms with Crippen molar-refractivity contribution in [3.05, 3.63) is 34.9 Å². The molecule has 0 saturated heterocycles. The number of benzene rings is 1. The van der Waals surface area contributed by atoms with E-state index in [1.54, 1.807) is 16.7 Å². The van der Waals surface area contributed by atoms with E-state index in [9.17, 15) is 0 Å². The third kappa shape index (κ3) is 6.14. The molecular weight excluding hydrogens is 312 g/mol. The molecule has 1 aromatic rings. The second-order valence-electron chi connectivity index (χ2n) is 9.20. The van der Waals surface area contributed by atoms with Crippen LogP contribution in [0.15, 0.2) is 18.2 Å². The van der Waals surface area contributed by atoms with Gasteiger partial charge < -0.3 is 0 Å². The lowest BCUT2D eigenvalue weighted by Gasteiger charge is -2.27. The average Bonchev–Trinajstić information content (AvgIpc) is 2.72. The van der Waals surface area contributed by atoms with Crippen molar-refractivity contribution in [2.75, 3.05) is 0 Å². The normalized spacial score (nSPS) is 19.7. The lowest BCUT2D eigenvalue weighted by Crippen LogP contribution is -2.09. The standard InChI is InChI=1S/C26H42/c1-2-3-4-5-6-9-14-22-19-25(23-15-10-7-11-16-23)21-26(20-22)24-17-12-8-13-18-24/h19-21,23-24H,2-18H2,1H3. The van der Waals surface area contributed by atoms with Gasteiger partial charge in [0.05, 0.1) is 0 Å². The van der Waals surface area contributed by atoms with E-state index in [0.717, 1.165) is 11.8 Å². The predicted octanol–water partition coefficient (Wildman–Crippen LogP) is 8.69. The molecule has 2 saturated carbocycles. The minimum Gasteiger partial charge on any atom is -0.0654 e. The summed E-state index contributed by atoms with van der Waals surface area (Å²) in [4.78, 5) is 0. The Morgan fingerprint density at radius 1 is 0.615 bits per heavy atom. The zero-order valence-corrected chi connectivity index (χ0v) is 17.4. The highest BCUT2D eigenvalue weighted by molar-refractivity contribution is 5.35. The van der Waals surface area contributed by atoms with Crippen molar-refractivity contribution < 1.29 is 0 Å². The van der Waals surface area contributed by atoms with Gasteiger partial charge in [0.25, 0.3) is 0 Å². The first-order valence-corrected chi connectivity index (χ1v) is 12.0. The van der Waals surface area contributed by atoms with Crippen molar-refractivity contribution in [3.8, 4) is 0 Å². The number of hydrogen-bond donors (Lipinski definition) is 0. The molecule has 2 aliphatic rings. The molecule has 1 aromatic carbocycles. The second-order valence-corrected chi connectivity index (χ2v) is 9.20. The van der Waals surface area contributed by atoms with Crippen LogP contribution in [-0.2, 0) is 6.42 Å². The van der Waals surface area contributed by atoms with Crippen molar-refractivity contribution in [2.24, 2.45) is 0 Å². The van der Waals surface area contributed by atoms with Crippen LogP contribution in [0, 0.1) is 0 Å². The average molecular weight is 355 g/mol. The van der Waals surface area contributed by atoms with E-state index in [1.807, 2.05) is 0 Å². The molecule has 0 atom stereocenters. The highest BCUT2D eigenvalue weighted by atomic mass is 14.3. The molecule has 0 bridgehead atoms. The minimum absolute atomic E-state index is 0.857. The maximum atomic E-state index is 2.64. The Kier molecular flexibility index (Phi) is 8.56. The molecule has 0 aromatic heterocycles. The fraction of sp³-hybridized carbons (Fsp3) is 0.769. The summed E-state index contributed by atoms with van der Waals surface area (Å²) in [6.45, 7) is 2.31. The molecule has 2 fully saturated rings. The van der Waals surface area contributed by atoms with Crippen molar-refractivity contribution >= 4 is 0 Å². The van der Waals surface area contributed by atoms with E-state index < -0.39 is 0 Å². The quantitative estimate of drug-likeness (QED) is 0.389. The van der Waals surface area contributed by atoms with Gasteiger partial charge in [0, 0.05) is 0 Å². The van der Waals surface area contributed by atoms with Crippen molar-refractivity contribution in [3.63, 3.8) is 0 Å². The Morgan fingerprint density at radius 2 is 1.12 bits per heavy atom. The van der Waals surface area contributed by atoms with Gasteiger partial charge in [0.2, 0.25) is 0 Å². The van der Waals surface area contributed by atoms with Crippen LogP contribution in [0.3, 0.4) is 0 Å². The van der Waals surface area contributed by atoms with Gasteiger partial charge in [-0.1, -0.05) is 95.8 Å². The van der Waals surface area contributed by atoms with Gasteiger partial charge in [0.15, 0.2) is 0 Å². The van der Waals surface area contributed by atoms with Gasteiger partial charge in [-0.25, -0.2) is 0 Å². The summed E-state index contributed by atoms with van der Waals surface area (Å²) in [7, 11) is 0. The largest absolute Gasteiger partial charge is 0.0654 e. The smallest absolute Gasteiger partial charge is 0.0162 e. The summed E-state index contributed by atoms with van der Waals surface area (Å²) in [6.07, 6.45) is 24.2. The number of rotatable bonds is 9. The summed E-state index contributed by atoms with van der Waals surface area (Å²) in [5.41, 5.74) is 5.06. The Bertz CT molecular complexity index is 467. The lowest BCUT2D eigenvalue weighted by molar-refractivity contribution is 0.435. The Balaban J connectivity index is 1.65. The molecule has 146 valence electrons. The molecule has 0 heteroatoms. The molecule has 3 rings (SSSR count). The van der Waals surface area contributed by atoms with Crippen molar-refractivity contribution in [1.82, 2.24) is 0 Å². The van der Waals surface area contributed by atoms with Crippen LogP contribution in [0.2, 0.25) is 0 Å². The maximum Gasteiger partial charge on any atom is -0.0162 e. The van der Waals surface area contributed by atoms with Crippen LogP contribution in [0.5, 0.6) is 0 Å². The summed E-state index contributed by atoms with van der Waals surface area (Å²) in [5.74, 6) is 1.71.